The summed E-state index contributed by atoms with van der Waals surface area (Å²) in [7, 11) is 0. The van der Waals surface area contributed by atoms with Crippen LogP contribution < -0.4 is 44.7 Å². The topological polar surface area (TPSA) is 139 Å². The van der Waals surface area contributed by atoms with Crippen molar-refractivity contribution in [2.24, 2.45) is 5.92 Å². The number of hydrogen-bond donors (Lipinski definition) is 3. The fourth-order valence-electron chi connectivity index (χ4n) is 8.46. The van der Waals surface area contributed by atoms with E-state index in [0.29, 0.717) is 23.5 Å². The second kappa shape index (κ2) is 20.1. The van der Waals surface area contributed by atoms with Crippen LogP contribution in [0.1, 0.15) is 37.3 Å². The Morgan fingerprint density at radius 3 is 1.56 bits per heavy atom. The predicted molar refractivity (Wildman–Crippen MR) is 246 cm³/mol. The molecule has 9 rings (SSSR count). The number of nitrogens with one attached hydrogen (secondary N) is 3. The number of aromatic nitrogens is 2. The highest BCUT2D eigenvalue weighted by Crippen LogP contribution is 2.33. The molecule has 13 nitrogen and oxygen atoms in total. The molecule has 3 N–H and O–H groups in total. The van der Waals surface area contributed by atoms with E-state index in [-0.39, 0.29) is 42.1 Å². The summed E-state index contributed by atoms with van der Waals surface area (Å²) in [4.78, 5) is 39.0. The molecule has 2 amide bonds. The molecule has 358 valence electrons. The van der Waals surface area contributed by atoms with Gasteiger partial charge in [0, 0.05) is 60.4 Å². The van der Waals surface area contributed by atoms with E-state index in [4.69, 9.17) is 19.4 Å². The Bertz CT molecular complexity index is 2750. The standard InChI is InChI=1S/C25H26F3N3O3.C24H23F3N4O3/c1-16-9-11-31(12-10-16)23-13-17(2)21-14-18(3-8-22(21)30-23)29-24(32)15-33-19-4-6-20(7-5-19)34-25(26,27)28;1-14-8-22(31-12-16-9-17(31)11-28-16)30-21-7-2-15(10-20(14)21)29-23(32)13-33-18-3-5-19(6-4-18)34-24(25,26)27/h3-8,13-14,16H,9-12,15H2,1-2H3,(H,29,32);2-8,10,16-17,28H,9,11-13H2,1H3,(H,29,32). The van der Waals surface area contributed by atoms with Crippen LogP contribution in [-0.2, 0) is 9.59 Å². The van der Waals surface area contributed by atoms with Crippen molar-refractivity contribution in [1.82, 2.24) is 15.3 Å². The SMILES string of the molecule is Cc1cc(N2CC3CC2CN3)nc2ccc(NC(=O)COc3ccc(OC(F)(F)F)cc3)cc12.Cc1cc(N2CCC(C)CC2)nc2ccc(NC(=O)COc3ccc(OC(F)(F)F)cc3)cc12. The Morgan fingerprint density at radius 2 is 1.12 bits per heavy atom. The number of ether oxygens (including phenoxy) is 4. The van der Waals surface area contributed by atoms with Gasteiger partial charge in [-0.2, -0.15) is 0 Å². The molecular weight excluding hydrogens is 897 g/mol. The molecule has 0 saturated carbocycles. The molecule has 19 heteroatoms. The van der Waals surface area contributed by atoms with E-state index in [9.17, 15) is 35.9 Å². The number of anilines is 4. The van der Waals surface area contributed by atoms with Gasteiger partial charge in [-0.25, -0.2) is 9.97 Å². The number of rotatable bonds is 12. The first-order valence-electron chi connectivity index (χ1n) is 22.0. The summed E-state index contributed by atoms with van der Waals surface area (Å²) in [5.41, 5.74) is 5.10. The minimum atomic E-state index is -4.76. The van der Waals surface area contributed by atoms with E-state index in [2.05, 4.69) is 54.3 Å². The van der Waals surface area contributed by atoms with Crippen LogP contribution in [0.4, 0.5) is 49.4 Å². The van der Waals surface area contributed by atoms with Gasteiger partial charge in [0.05, 0.1) is 11.0 Å². The number of fused-ring (bicyclic) bond motifs is 4. The minimum absolute atomic E-state index is 0.251. The number of pyridine rings is 2. The van der Waals surface area contributed by atoms with Crippen molar-refractivity contribution in [3.8, 4) is 23.0 Å². The number of carbonyl (C=O) groups is 2. The maximum Gasteiger partial charge on any atom is 0.573 e. The van der Waals surface area contributed by atoms with Gasteiger partial charge in [-0.3, -0.25) is 9.59 Å². The third-order valence-corrected chi connectivity index (χ3v) is 11.9. The molecule has 2 bridgehead atoms. The molecule has 3 aliphatic heterocycles. The molecule has 3 saturated heterocycles. The average molecular weight is 946 g/mol. The lowest BCUT2D eigenvalue weighted by molar-refractivity contribution is -0.275. The van der Waals surface area contributed by atoms with E-state index in [1.54, 1.807) is 12.1 Å². The number of piperidine rings is 1. The lowest BCUT2D eigenvalue weighted by atomic mass is 9.99. The summed E-state index contributed by atoms with van der Waals surface area (Å²) in [6, 6.07) is 26.0. The Morgan fingerprint density at radius 1 is 0.662 bits per heavy atom. The fraction of sp³-hybridized carbons (Fsp3) is 0.347. The van der Waals surface area contributed by atoms with Crippen LogP contribution in [0.3, 0.4) is 0 Å². The summed E-state index contributed by atoms with van der Waals surface area (Å²) in [6.45, 7) is 9.72. The van der Waals surface area contributed by atoms with E-state index in [1.165, 1.54) is 24.3 Å². The van der Waals surface area contributed by atoms with E-state index >= 15 is 0 Å². The van der Waals surface area contributed by atoms with Gasteiger partial charge >= 0.3 is 12.7 Å². The largest absolute Gasteiger partial charge is 0.573 e. The van der Waals surface area contributed by atoms with Crippen molar-refractivity contribution in [1.29, 1.82) is 0 Å². The molecule has 0 spiro atoms. The van der Waals surface area contributed by atoms with Gasteiger partial charge in [-0.05, 0) is 147 Å². The maximum absolute atomic E-state index is 12.3. The number of carbonyl (C=O) groups excluding carboxylic acids is 2. The van der Waals surface area contributed by atoms with Crippen LogP contribution >= 0.6 is 0 Å². The molecule has 4 aromatic carbocycles. The Labute approximate surface area is 387 Å². The van der Waals surface area contributed by atoms with Gasteiger partial charge in [0.2, 0.25) is 0 Å². The number of halogens is 6. The van der Waals surface area contributed by atoms with Gasteiger partial charge in [-0.15, -0.1) is 26.3 Å². The molecule has 0 radical (unpaired) electrons. The van der Waals surface area contributed by atoms with E-state index in [0.717, 1.165) is 120 Å². The van der Waals surface area contributed by atoms with Crippen molar-refractivity contribution < 1.29 is 54.9 Å². The van der Waals surface area contributed by atoms with Crippen LogP contribution in [0, 0.1) is 19.8 Å². The molecule has 68 heavy (non-hydrogen) atoms. The normalized spacial score (nSPS) is 17.1. The average Bonchev–Trinajstić information content (AvgIpc) is 3.93. The number of piperazine rings is 1. The van der Waals surface area contributed by atoms with Gasteiger partial charge < -0.3 is 44.7 Å². The fourth-order valence-corrected chi connectivity index (χ4v) is 8.46. The van der Waals surface area contributed by atoms with Crippen LogP contribution in [0.2, 0.25) is 0 Å². The third-order valence-electron chi connectivity index (χ3n) is 11.9. The first-order valence-corrected chi connectivity index (χ1v) is 22.0. The number of aryl methyl sites for hydroxylation is 2. The van der Waals surface area contributed by atoms with E-state index in [1.807, 2.05) is 38.1 Å². The monoisotopic (exact) mass is 945 g/mol. The second-order valence-corrected chi connectivity index (χ2v) is 17.1. The van der Waals surface area contributed by atoms with Gasteiger partial charge in [0.1, 0.15) is 34.6 Å². The zero-order valence-corrected chi connectivity index (χ0v) is 37.3. The summed E-state index contributed by atoms with van der Waals surface area (Å²) < 4.78 is 91.7. The molecule has 3 aliphatic rings. The zero-order valence-electron chi connectivity index (χ0n) is 37.3. The first kappa shape index (κ1) is 47.5. The van der Waals surface area contributed by atoms with E-state index < -0.39 is 18.6 Å². The summed E-state index contributed by atoms with van der Waals surface area (Å²) in [5.74, 6) is 1.71. The number of alkyl halides is 6. The number of nitrogens with zero attached hydrogens (tertiary/aromatic N) is 4. The molecule has 2 aromatic heterocycles. The third kappa shape index (κ3) is 12.5. The van der Waals surface area contributed by atoms with Crippen LogP contribution in [0.15, 0.2) is 97.1 Å². The smallest absolute Gasteiger partial charge is 0.484 e. The molecule has 6 aromatic rings. The minimum Gasteiger partial charge on any atom is -0.484 e. The Kier molecular flexibility index (Phi) is 14.0. The Hall–Kier alpha value is -7.02. The summed E-state index contributed by atoms with van der Waals surface area (Å²) in [6.07, 6.45) is -6.04. The molecule has 2 unspecified atom stereocenters. The number of amides is 2. The second-order valence-electron chi connectivity index (χ2n) is 17.1. The number of hydrogen-bond acceptors (Lipinski definition) is 11. The van der Waals surface area contributed by atoms with Crippen LogP contribution in [-0.4, -0.2) is 86.0 Å². The van der Waals surface area contributed by atoms with Gasteiger partial charge in [0.15, 0.2) is 13.2 Å². The quantitative estimate of drug-likeness (QED) is 0.101. The highest BCUT2D eigenvalue weighted by molar-refractivity contribution is 5.96. The van der Waals surface area contributed by atoms with Crippen molar-refractivity contribution in [3.05, 3.63) is 108 Å². The molecular formula is C49H49F6N7O6. The molecule has 3 fully saturated rings. The summed E-state index contributed by atoms with van der Waals surface area (Å²) in [5, 5.41) is 11.0. The van der Waals surface area contributed by atoms with Crippen molar-refractivity contribution in [2.45, 2.75) is 64.8 Å². The lowest BCUT2D eigenvalue weighted by Gasteiger charge is -2.31. The highest BCUT2D eigenvalue weighted by atomic mass is 19.4. The number of benzene rings is 4. The maximum atomic E-state index is 12.3. The zero-order chi connectivity index (χ0) is 48.2. The predicted octanol–water partition coefficient (Wildman–Crippen LogP) is 9.71. The van der Waals surface area contributed by atoms with Crippen LogP contribution in [0.25, 0.3) is 21.8 Å². The van der Waals surface area contributed by atoms with Crippen molar-refractivity contribution in [3.63, 3.8) is 0 Å². The van der Waals surface area contributed by atoms with Gasteiger partial charge in [-0.1, -0.05) is 6.92 Å². The summed E-state index contributed by atoms with van der Waals surface area (Å²) >= 11 is 0. The lowest BCUT2D eigenvalue weighted by Crippen LogP contribution is -2.44. The Balaban J connectivity index is 0.000000184. The molecule has 5 heterocycles. The first-order chi connectivity index (χ1) is 32.4. The molecule has 0 aliphatic carbocycles. The van der Waals surface area contributed by atoms with Crippen molar-refractivity contribution in [2.75, 3.05) is 59.8 Å². The van der Waals surface area contributed by atoms with Crippen molar-refractivity contribution >= 4 is 56.6 Å². The van der Waals surface area contributed by atoms with Crippen LogP contribution in [0.5, 0.6) is 23.0 Å². The molecule has 2 atom stereocenters. The highest BCUT2D eigenvalue weighted by Gasteiger charge is 2.38. The van der Waals surface area contributed by atoms with Gasteiger partial charge in [0.25, 0.3) is 11.8 Å².